The van der Waals surface area contributed by atoms with E-state index < -0.39 is 11.6 Å². The van der Waals surface area contributed by atoms with E-state index in [1.54, 1.807) is 12.1 Å². The summed E-state index contributed by atoms with van der Waals surface area (Å²) in [6.07, 6.45) is 1.33. The van der Waals surface area contributed by atoms with E-state index in [2.05, 4.69) is 15.6 Å². The molecule has 0 bridgehead atoms. The molecule has 1 heterocycles. The number of aromatic nitrogens is 1. The second kappa shape index (κ2) is 7.93. The van der Waals surface area contributed by atoms with Crippen molar-refractivity contribution in [3.05, 3.63) is 88.6 Å². The van der Waals surface area contributed by atoms with Crippen molar-refractivity contribution < 1.29 is 13.6 Å². The van der Waals surface area contributed by atoms with Crippen LogP contribution in [0.25, 0.3) is 0 Å². The Labute approximate surface area is 153 Å². The SMILES string of the molecule is O=C(NCc1ccc(Cl)cc1)c1ccc(Nc2c(F)cccc2F)nc1. The van der Waals surface area contributed by atoms with Crippen molar-refractivity contribution in [2.24, 2.45) is 0 Å². The predicted molar refractivity (Wildman–Crippen MR) is 96.5 cm³/mol. The molecule has 2 aromatic carbocycles. The third-order valence-corrected chi connectivity index (χ3v) is 3.86. The molecule has 7 heteroatoms. The maximum absolute atomic E-state index is 13.6. The number of benzene rings is 2. The highest BCUT2D eigenvalue weighted by molar-refractivity contribution is 6.30. The van der Waals surface area contributed by atoms with E-state index in [0.29, 0.717) is 17.1 Å². The minimum Gasteiger partial charge on any atom is -0.348 e. The standard InChI is InChI=1S/C19H14ClF2N3O/c20-14-7-4-12(5-8-14)10-24-19(26)13-6-9-17(23-11-13)25-18-15(21)2-1-3-16(18)22/h1-9,11H,10H2,(H,23,25)(H,24,26). The summed E-state index contributed by atoms with van der Waals surface area (Å²) in [5, 5.41) is 5.95. The molecule has 26 heavy (non-hydrogen) atoms. The van der Waals surface area contributed by atoms with Crippen LogP contribution in [0.3, 0.4) is 0 Å². The molecule has 3 rings (SSSR count). The normalized spacial score (nSPS) is 10.4. The molecule has 4 nitrogen and oxygen atoms in total. The van der Waals surface area contributed by atoms with E-state index in [0.717, 1.165) is 17.7 Å². The van der Waals surface area contributed by atoms with E-state index in [1.165, 1.54) is 24.4 Å². The number of nitrogens with one attached hydrogen (secondary N) is 2. The summed E-state index contributed by atoms with van der Waals surface area (Å²) in [5.41, 5.74) is 0.947. The molecule has 0 spiro atoms. The van der Waals surface area contributed by atoms with Crippen LogP contribution in [0.2, 0.25) is 5.02 Å². The fourth-order valence-corrected chi connectivity index (χ4v) is 2.36. The summed E-state index contributed by atoms with van der Waals surface area (Å²) >= 11 is 5.81. The first-order valence-corrected chi connectivity index (χ1v) is 8.10. The van der Waals surface area contributed by atoms with Gasteiger partial charge >= 0.3 is 0 Å². The monoisotopic (exact) mass is 373 g/mol. The number of halogens is 3. The topological polar surface area (TPSA) is 54.0 Å². The molecule has 0 aliphatic carbocycles. The number of pyridine rings is 1. The fraction of sp³-hybridized carbons (Fsp3) is 0.0526. The maximum atomic E-state index is 13.6. The van der Waals surface area contributed by atoms with Gasteiger partial charge in [-0.05, 0) is 42.0 Å². The summed E-state index contributed by atoms with van der Waals surface area (Å²) < 4.78 is 27.3. The number of anilines is 2. The Kier molecular flexibility index (Phi) is 5.43. The van der Waals surface area contributed by atoms with Crippen molar-refractivity contribution in [1.82, 2.24) is 10.3 Å². The Bertz CT molecular complexity index is 895. The summed E-state index contributed by atoms with van der Waals surface area (Å²) in [6, 6.07) is 13.7. The average molecular weight is 374 g/mol. The zero-order valence-electron chi connectivity index (χ0n) is 13.5. The van der Waals surface area contributed by atoms with Crippen LogP contribution in [0.4, 0.5) is 20.3 Å². The van der Waals surface area contributed by atoms with Crippen LogP contribution < -0.4 is 10.6 Å². The lowest BCUT2D eigenvalue weighted by Gasteiger charge is -2.09. The lowest BCUT2D eigenvalue weighted by molar-refractivity contribution is 0.0950. The Morgan fingerprint density at radius 2 is 1.69 bits per heavy atom. The molecule has 2 N–H and O–H groups in total. The highest BCUT2D eigenvalue weighted by Crippen LogP contribution is 2.22. The van der Waals surface area contributed by atoms with Crippen LogP contribution >= 0.6 is 11.6 Å². The van der Waals surface area contributed by atoms with Gasteiger partial charge in [-0.3, -0.25) is 4.79 Å². The summed E-state index contributed by atoms with van der Waals surface area (Å²) in [4.78, 5) is 16.2. The van der Waals surface area contributed by atoms with Gasteiger partial charge in [0.05, 0.1) is 5.56 Å². The Morgan fingerprint density at radius 3 is 2.31 bits per heavy atom. The van der Waals surface area contributed by atoms with Gasteiger partial charge in [-0.15, -0.1) is 0 Å². The third kappa shape index (κ3) is 4.34. The van der Waals surface area contributed by atoms with Crippen LogP contribution in [-0.4, -0.2) is 10.9 Å². The highest BCUT2D eigenvalue weighted by atomic mass is 35.5. The van der Waals surface area contributed by atoms with Crippen LogP contribution in [0, 0.1) is 11.6 Å². The number of rotatable bonds is 5. The van der Waals surface area contributed by atoms with E-state index in [4.69, 9.17) is 11.6 Å². The molecule has 1 aromatic heterocycles. The minimum absolute atomic E-state index is 0.225. The number of hydrogen-bond acceptors (Lipinski definition) is 3. The molecular weight excluding hydrogens is 360 g/mol. The molecule has 0 aliphatic rings. The Morgan fingerprint density at radius 1 is 1.00 bits per heavy atom. The lowest BCUT2D eigenvalue weighted by Crippen LogP contribution is -2.22. The van der Waals surface area contributed by atoms with Gasteiger partial charge in [0.2, 0.25) is 0 Å². The average Bonchev–Trinajstić information content (AvgIpc) is 2.65. The van der Waals surface area contributed by atoms with Crippen molar-refractivity contribution in [3.8, 4) is 0 Å². The molecule has 132 valence electrons. The van der Waals surface area contributed by atoms with Gasteiger partial charge in [-0.2, -0.15) is 0 Å². The van der Waals surface area contributed by atoms with Crippen molar-refractivity contribution in [3.63, 3.8) is 0 Å². The van der Waals surface area contributed by atoms with Gasteiger partial charge in [-0.25, -0.2) is 13.8 Å². The summed E-state index contributed by atoms with van der Waals surface area (Å²) in [6.45, 7) is 0.344. The Balaban J connectivity index is 1.63. The summed E-state index contributed by atoms with van der Waals surface area (Å²) in [5.74, 6) is -1.53. The zero-order chi connectivity index (χ0) is 18.5. The second-order valence-electron chi connectivity index (χ2n) is 5.46. The van der Waals surface area contributed by atoms with Gasteiger partial charge in [0.25, 0.3) is 5.91 Å². The third-order valence-electron chi connectivity index (χ3n) is 3.61. The van der Waals surface area contributed by atoms with E-state index >= 15 is 0 Å². The number of amides is 1. The largest absolute Gasteiger partial charge is 0.348 e. The van der Waals surface area contributed by atoms with Crippen LogP contribution in [0.15, 0.2) is 60.8 Å². The van der Waals surface area contributed by atoms with Crippen LogP contribution in [-0.2, 0) is 6.54 Å². The van der Waals surface area contributed by atoms with Gasteiger partial charge in [0.1, 0.15) is 23.1 Å². The molecule has 0 saturated carbocycles. The van der Waals surface area contributed by atoms with E-state index in [-0.39, 0.29) is 17.4 Å². The molecule has 3 aromatic rings. The molecule has 0 unspecified atom stereocenters. The number of carbonyl (C=O) groups excluding carboxylic acids is 1. The number of nitrogens with zero attached hydrogens (tertiary/aromatic N) is 1. The van der Waals surface area contributed by atoms with Crippen LogP contribution in [0.5, 0.6) is 0 Å². The molecule has 0 aliphatic heterocycles. The molecule has 0 fully saturated rings. The number of hydrogen-bond donors (Lipinski definition) is 2. The number of carbonyl (C=O) groups is 1. The Hall–Kier alpha value is -2.99. The zero-order valence-corrected chi connectivity index (χ0v) is 14.2. The van der Waals surface area contributed by atoms with Crippen molar-refractivity contribution >= 4 is 29.0 Å². The van der Waals surface area contributed by atoms with Gasteiger partial charge in [-0.1, -0.05) is 29.8 Å². The van der Waals surface area contributed by atoms with Crippen molar-refractivity contribution in [1.29, 1.82) is 0 Å². The molecule has 1 amide bonds. The lowest BCUT2D eigenvalue weighted by atomic mass is 10.2. The first-order valence-electron chi connectivity index (χ1n) is 7.72. The van der Waals surface area contributed by atoms with E-state index in [9.17, 15) is 13.6 Å². The van der Waals surface area contributed by atoms with Gasteiger partial charge in [0, 0.05) is 17.8 Å². The minimum atomic E-state index is -0.725. The maximum Gasteiger partial charge on any atom is 0.253 e. The predicted octanol–water partition coefficient (Wildman–Crippen LogP) is 4.69. The van der Waals surface area contributed by atoms with E-state index in [1.807, 2.05) is 12.1 Å². The highest BCUT2D eigenvalue weighted by Gasteiger charge is 2.10. The van der Waals surface area contributed by atoms with Crippen LogP contribution in [0.1, 0.15) is 15.9 Å². The molecular formula is C19H14ClF2N3O. The van der Waals surface area contributed by atoms with Gasteiger partial charge in [0.15, 0.2) is 0 Å². The summed E-state index contributed by atoms with van der Waals surface area (Å²) in [7, 11) is 0. The second-order valence-corrected chi connectivity index (χ2v) is 5.90. The van der Waals surface area contributed by atoms with Crippen molar-refractivity contribution in [2.75, 3.05) is 5.32 Å². The molecule has 0 radical (unpaired) electrons. The molecule has 0 atom stereocenters. The van der Waals surface area contributed by atoms with Gasteiger partial charge < -0.3 is 10.6 Å². The smallest absolute Gasteiger partial charge is 0.253 e. The quantitative estimate of drug-likeness (QED) is 0.682. The first-order chi connectivity index (χ1) is 12.5. The number of para-hydroxylation sites is 1. The molecule has 0 saturated heterocycles. The first kappa shape index (κ1) is 17.8. The fourth-order valence-electron chi connectivity index (χ4n) is 2.23. The van der Waals surface area contributed by atoms with Crippen molar-refractivity contribution in [2.45, 2.75) is 6.54 Å².